The van der Waals surface area contributed by atoms with Crippen LogP contribution in [0.25, 0.3) is 0 Å². The van der Waals surface area contributed by atoms with E-state index in [0.29, 0.717) is 18.1 Å². The number of nitrogens with zero attached hydrogens (tertiary/aromatic N) is 2. The highest BCUT2D eigenvalue weighted by Gasteiger charge is 2.13. The van der Waals surface area contributed by atoms with Gasteiger partial charge in [0.15, 0.2) is 5.96 Å². The lowest BCUT2D eigenvalue weighted by Gasteiger charge is -2.21. The first-order valence-corrected chi connectivity index (χ1v) is 8.68. The maximum absolute atomic E-state index is 12.0. The largest absolute Gasteiger partial charge is 0.356 e. The summed E-state index contributed by atoms with van der Waals surface area (Å²) in [6.07, 6.45) is 0.740. The molecular formula is C19H31N5O2. The van der Waals surface area contributed by atoms with Gasteiger partial charge in [-0.15, -0.1) is 0 Å². The van der Waals surface area contributed by atoms with Crippen LogP contribution in [0.3, 0.4) is 0 Å². The van der Waals surface area contributed by atoms with Gasteiger partial charge < -0.3 is 20.9 Å². The monoisotopic (exact) mass is 361 g/mol. The van der Waals surface area contributed by atoms with E-state index in [9.17, 15) is 9.59 Å². The molecule has 0 bridgehead atoms. The predicted octanol–water partition coefficient (Wildman–Crippen LogP) is 1.01. The molecule has 0 spiro atoms. The molecule has 0 saturated heterocycles. The average Bonchev–Trinajstić information content (AvgIpc) is 2.55. The fourth-order valence-corrected chi connectivity index (χ4v) is 2.29. The Hall–Kier alpha value is -2.57. The van der Waals surface area contributed by atoms with Crippen molar-refractivity contribution in [2.75, 3.05) is 34.2 Å². The van der Waals surface area contributed by atoms with Crippen LogP contribution in [0.5, 0.6) is 0 Å². The first-order valence-electron chi connectivity index (χ1n) is 8.68. The van der Waals surface area contributed by atoms with Crippen molar-refractivity contribution < 1.29 is 9.59 Å². The molecule has 26 heavy (non-hydrogen) atoms. The van der Waals surface area contributed by atoms with E-state index in [-0.39, 0.29) is 23.9 Å². The van der Waals surface area contributed by atoms with Gasteiger partial charge in [0, 0.05) is 38.8 Å². The Labute approximate surface area is 156 Å². The zero-order chi connectivity index (χ0) is 19.7. The molecule has 7 nitrogen and oxygen atoms in total. The Kier molecular flexibility index (Phi) is 8.09. The molecule has 1 aromatic carbocycles. The summed E-state index contributed by atoms with van der Waals surface area (Å²) >= 11 is 0. The van der Waals surface area contributed by atoms with E-state index < -0.39 is 0 Å². The molecule has 0 aliphatic heterocycles. The van der Waals surface area contributed by atoms with Crippen molar-refractivity contribution >= 4 is 17.8 Å². The third-order valence-corrected chi connectivity index (χ3v) is 3.44. The lowest BCUT2D eigenvalue weighted by Crippen LogP contribution is -2.48. The van der Waals surface area contributed by atoms with Crippen molar-refractivity contribution in [1.82, 2.24) is 20.9 Å². The lowest BCUT2D eigenvalue weighted by molar-refractivity contribution is -0.121. The first kappa shape index (κ1) is 21.5. The third-order valence-electron chi connectivity index (χ3n) is 3.44. The number of aliphatic imine (C=N–C) groups is 1. The minimum absolute atomic E-state index is 0.0119. The Balaban J connectivity index is 2.47. The quantitative estimate of drug-likeness (QED) is 0.521. The highest BCUT2D eigenvalue weighted by atomic mass is 16.2. The van der Waals surface area contributed by atoms with E-state index in [2.05, 4.69) is 20.9 Å². The standard InChI is InChI=1S/C19H31N5O2/c1-19(2,3)23-16(25)13-22-18(20-4)21-11-10-14-8-7-9-15(12-14)17(26)24(5)6/h7-9,12H,10-11,13H2,1-6H3,(H,23,25)(H2,20,21,22). The maximum atomic E-state index is 12.0. The van der Waals surface area contributed by atoms with Crippen LogP contribution in [-0.4, -0.2) is 62.4 Å². The fraction of sp³-hybridized carbons (Fsp3) is 0.526. The van der Waals surface area contributed by atoms with Gasteiger partial charge in [0.2, 0.25) is 5.91 Å². The van der Waals surface area contributed by atoms with Gasteiger partial charge in [0.1, 0.15) is 0 Å². The second-order valence-corrected chi connectivity index (χ2v) is 7.30. The smallest absolute Gasteiger partial charge is 0.253 e. The Morgan fingerprint density at radius 2 is 1.85 bits per heavy atom. The summed E-state index contributed by atoms with van der Waals surface area (Å²) in [5.74, 6) is 0.465. The molecule has 1 rings (SSSR count). The average molecular weight is 361 g/mol. The maximum Gasteiger partial charge on any atom is 0.253 e. The summed E-state index contributed by atoms with van der Waals surface area (Å²) in [5, 5.41) is 9.05. The van der Waals surface area contributed by atoms with Gasteiger partial charge in [-0.1, -0.05) is 12.1 Å². The fourth-order valence-electron chi connectivity index (χ4n) is 2.29. The minimum atomic E-state index is -0.259. The molecule has 0 aliphatic carbocycles. The molecule has 0 atom stereocenters. The highest BCUT2D eigenvalue weighted by Crippen LogP contribution is 2.07. The van der Waals surface area contributed by atoms with Gasteiger partial charge in [-0.05, 0) is 44.9 Å². The summed E-state index contributed by atoms with van der Waals surface area (Å²) in [7, 11) is 5.14. The number of carbonyl (C=O) groups excluding carboxylic acids is 2. The van der Waals surface area contributed by atoms with Crippen LogP contribution in [0, 0.1) is 0 Å². The number of benzene rings is 1. The molecular weight excluding hydrogens is 330 g/mol. The Morgan fingerprint density at radius 1 is 1.15 bits per heavy atom. The topological polar surface area (TPSA) is 85.8 Å². The van der Waals surface area contributed by atoms with Crippen LogP contribution in [-0.2, 0) is 11.2 Å². The second kappa shape index (κ2) is 9.79. The molecule has 3 N–H and O–H groups in total. The van der Waals surface area contributed by atoms with Crippen molar-refractivity contribution in [1.29, 1.82) is 0 Å². The molecule has 0 radical (unpaired) electrons. The molecule has 2 amide bonds. The Morgan fingerprint density at radius 3 is 2.42 bits per heavy atom. The second-order valence-electron chi connectivity index (χ2n) is 7.30. The van der Waals surface area contributed by atoms with Gasteiger partial charge >= 0.3 is 0 Å². The van der Waals surface area contributed by atoms with Crippen molar-refractivity contribution in [3.63, 3.8) is 0 Å². The number of carbonyl (C=O) groups is 2. The molecule has 0 aliphatic rings. The molecule has 0 heterocycles. The van der Waals surface area contributed by atoms with Crippen LogP contribution in [0.1, 0.15) is 36.7 Å². The molecule has 144 valence electrons. The van der Waals surface area contributed by atoms with Crippen molar-refractivity contribution in [3.8, 4) is 0 Å². The highest BCUT2D eigenvalue weighted by molar-refractivity contribution is 5.94. The Bertz CT molecular complexity index is 648. The number of nitrogens with one attached hydrogen (secondary N) is 3. The molecule has 0 unspecified atom stereocenters. The molecule has 1 aromatic rings. The van der Waals surface area contributed by atoms with Crippen molar-refractivity contribution in [2.45, 2.75) is 32.7 Å². The number of rotatable bonds is 6. The van der Waals surface area contributed by atoms with Crippen LogP contribution in [0.4, 0.5) is 0 Å². The molecule has 0 fully saturated rings. The number of amides is 2. The van der Waals surface area contributed by atoms with Gasteiger partial charge in [0.05, 0.1) is 6.54 Å². The van der Waals surface area contributed by atoms with Crippen molar-refractivity contribution in [3.05, 3.63) is 35.4 Å². The van der Waals surface area contributed by atoms with Crippen LogP contribution >= 0.6 is 0 Å². The summed E-state index contributed by atoms with van der Waals surface area (Å²) in [6.45, 7) is 6.61. The predicted molar refractivity (Wildman–Crippen MR) is 105 cm³/mol. The summed E-state index contributed by atoms with van der Waals surface area (Å²) < 4.78 is 0. The van der Waals surface area contributed by atoms with E-state index in [1.54, 1.807) is 26.0 Å². The van der Waals surface area contributed by atoms with Crippen LogP contribution in [0.15, 0.2) is 29.3 Å². The summed E-state index contributed by atoms with van der Waals surface area (Å²) in [4.78, 5) is 29.5. The van der Waals surface area contributed by atoms with Crippen LogP contribution < -0.4 is 16.0 Å². The summed E-state index contributed by atoms with van der Waals surface area (Å²) in [6, 6.07) is 7.58. The first-order chi connectivity index (χ1) is 12.1. The minimum Gasteiger partial charge on any atom is -0.356 e. The molecule has 0 aromatic heterocycles. The van der Waals surface area contributed by atoms with Crippen molar-refractivity contribution in [2.24, 2.45) is 4.99 Å². The van der Waals surface area contributed by atoms with Gasteiger partial charge in [-0.2, -0.15) is 0 Å². The van der Waals surface area contributed by atoms with Gasteiger partial charge in [-0.25, -0.2) is 0 Å². The van der Waals surface area contributed by atoms with E-state index in [4.69, 9.17) is 0 Å². The van der Waals surface area contributed by atoms with E-state index in [1.165, 1.54) is 0 Å². The zero-order valence-electron chi connectivity index (χ0n) is 16.6. The van der Waals surface area contributed by atoms with Gasteiger partial charge in [0.25, 0.3) is 5.91 Å². The zero-order valence-corrected chi connectivity index (χ0v) is 16.6. The number of guanidine groups is 1. The van der Waals surface area contributed by atoms with Gasteiger partial charge in [-0.3, -0.25) is 14.6 Å². The lowest BCUT2D eigenvalue weighted by atomic mass is 10.1. The molecule has 0 saturated carbocycles. The van der Waals surface area contributed by atoms with E-state index >= 15 is 0 Å². The number of hydrogen-bond acceptors (Lipinski definition) is 3. The SMILES string of the molecule is CN=C(NCCc1cccc(C(=O)N(C)C)c1)NCC(=O)NC(C)(C)C. The summed E-state index contributed by atoms with van der Waals surface area (Å²) in [5.41, 5.74) is 1.48. The molecule has 7 heteroatoms. The van der Waals surface area contributed by atoms with Crippen LogP contribution in [0.2, 0.25) is 0 Å². The van der Waals surface area contributed by atoms with E-state index in [0.717, 1.165) is 12.0 Å². The third kappa shape index (κ3) is 8.00. The normalized spacial score (nSPS) is 11.7. The number of hydrogen-bond donors (Lipinski definition) is 3. The van der Waals surface area contributed by atoms with E-state index in [1.807, 2.05) is 45.0 Å².